The van der Waals surface area contributed by atoms with Crippen LogP contribution in [-0.2, 0) is 23.7 Å². The molecular formula is C92H163NO13. The number of aliphatic hydroxyl groups excluding tert-OH is 8. The highest BCUT2D eigenvalue weighted by molar-refractivity contribution is 5.76. The summed E-state index contributed by atoms with van der Waals surface area (Å²) in [5.74, 6) is -0.246. The molecule has 14 nitrogen and oxygen atoms in total. The van der Waals surface area contributed by atoms with Crippen molar-refractivity contribution in [3.8, 4) is 0 Å². The number of aliphatic hydroxyl groups is 8. The van der Waals surface area contributed by atoms with Gasteiger partial charge in [-0.2, -0.15) is 0 Å². The van der Waals surface area contributed by atoms with Crippen molar-refractivity contribution in [2.24, 2.45) is 0 Å². The van der Waals surface area contributed by atoms with Gasteiger partial charge in [-0.25, -0.2) is 0 Å². The van der Waals surface area contributed by atoms with E-state index in [1.54, 1.807) is 6.08 Å². The van der Waals surface area contributed by atoms with Crippen LogP contribution in [0.5, 0.6) is 0 Å². The van der Waals surface area contributed by atoms with Crippen molar-refractivity contribution in [3.05, 3.63) is 109 Å². The number of carbonyl (C=O) groups excluding carboxylic acids is 1. The molecule has 12 atom stereocenters. The summed E-state index contributed by atoms with van der Waals surface area (Å²) in [5.41, 5.74) is 0. The molecule has 12 unspecified atom stereocenters. The topological polar surface area (TPSA) is 228 Å². The average molecular weight is 1490 g/mol. The molecule has 2 aliphatic heterocycles. The van der Waals surface area contributed by atoms with Crippen LogP contribution in [0.3, 0.4) is 0 Å². The Labute approximate surface area is 648 Å². The smallest absolute Gasteiger partial charge is 0.220 e. The highest BCUT2D eigenvalue weighted by Crippen LogP contribution is 2.30. The molecule has 0 aromatic rings. The van der Waals surface area contributed by atoms with Crippen LogP contribution < -0.4 is 5.32 Å². The van der Waals surface area contributed by atoms with E-state index in [1.807, 2.05) is 6.08 Å². The van der Waals surface area contributed by atoms with E-state index in [1.165, 1.54) is 263 Å². The van der Waals surface area contributed by atoms with Gasteiger partial charge in [0.1, 0.15) is 48.8 Å². The van der Waals surface area contributed by atoms with Gasteiger partial charge in [0.25, 0.3) is 0 Å². The largest absolute Gasteiger partial charge is 0.394 e. The van der Waals surface area contributed by atoms with Crippen LogP contribution in [0.15, 0.2) is 109 Å². The highest BCUT2D eigenvalue weighted by Gasteiger charge is 2.51. The maximum absolute atomic E-state index is 13.4. The van der Waals surface area contributed by atoms with E-state index in [-0.39, 0.29) is 18.9 Å². The summed E-state index contributed by atoms with van der Waals surface area (Å²) in [4.78, 5) is 13.4. The number of carbonyl (C=O) groups is 1. The van der Waals surface area contributed by atoms with Crippen molar-refractivity contribution in [3.63, 3.8) is 0 Å². The molecule has 2 heterocycles. The highest BCUT2D eigenvalue weighted by atomic mass is 16.7. The lowest BCUT2D eigenvalue weighted by molar-refractivity contribution is -0.359. The lowest BCUT2D eigenvalue weighted by atomic mass is 9.97. The van der Waals surface area contributed by atoms with Crippen molar-refractivity contribution in [2.45, 2.75) is 447 Å². The zero-order valence-corrected chi connectivity index (χ0v) is 67.7. The zero-order valence-electron chi connectivity index (χ0n) is 67.7. The van der Waals surface area contributed by atoms with Gasteiger partial charge in [0, 0.05) is 6.42 Å². The first kappa shape index (κ1) is 98.7. The Hall–Kier alpha value is -3.35. The molecular weight excluding hydrogens is 1330 g/mol. The van der Waals surface area contributed by atoms with Crippen molar-refractivity contribution < 1.29 is 64.6 Å². The number of ether oxygens (including phenoxy) is 4. The molecule has 0 aromatic heterocycles. The summed E-state index contributed by atoms with van der Waals surface area (Å²) in [6, 6.07) is -0.939. The number of hydrogen-bond donors (Lipinski definition) is 9. The van der Waals surface area contributed by atoms with Crippen LogP contribution in [0.25, 0.3) is 0 Å². The van der Waals surface area contributed by atoms with Crippen LogP contribution in [0, 0.1) is 0 Å². The molecule has 2 rings (SSSR count). The minimum atomic E-state index is -1.80. The molecule has 0 spiro atoms. The Kier molecular flexibility index (Phi) is 69.3. The van der Waals surface area contributed by atoms with Gasteiger partial charge < -0.3 is 65.1 Å². The first-order valence-electron chi connectivity index (χ1n) is 44.1. The van der Waals surface area contributed by atoms with Crippen LogP contribution in [0.4, 0.5) is 0 Å². The predicted octanol–water partition coefficient (Wildman–Crippen LogP) is 21.4. The zero-order chi connectivity index (χ0) is 76.5. The Morgan fingerprint density at radius 3 is 1.04 bits per heavy atom. The molecule has 9 N–H and O–H groups in total. The monoisotopic (exact) mass is 1490 g/mol. The van der Waals surface area contributed by atoms with Crippen molar-refractivity contribution in [1.29, 1.82) is 0 Å². The molecule has 2 fully saturated rings. The van der Waals surface area contributed by atoms with Gasteiger partial charge in [0.15, 0.2) is 12.6 Å². The number of amides is 1. The third-order valence-electron chi connectivity index (χ3n) is 20.9. The summed E-state index contributed by atoms with van der Waals surface area (Å²) in [7, 11) is 0. The van der Waals surface area contributed by atoms with E-state index < -0.39 is 86.8 Å². The minimum absolute atomic E-state index is 0.246. The van der Waals surface area contributed by atoms with E-state index in [4.69, 9.17) is 18.9 Å². The van der Waals surface area contributed by atoms with Gasteiger partial charge in [-0.1, -0.05) is 386 Å². The number of rotatable bonds is 74. The van der Waals surface area contributed by atoms with Gasteiger partial charge in [-0.15, -0.1) is 0 Å². The van der Waals surface area contributed by atoms with Crippen molar-refractivity contribution in [2.75, 3.05) is 19.8 Å². The Morgan fingerprint density at radius 1 is 0.349 bits per heavy atom. The standard InChI is InChI=1S/C92H163NO13/c1-3-5-7-9-11-13-15-17-19-21-23-25-27-29-31-33-35-37-38-39-40-41-42-44-46-48-50-52-54-56-58-60-62-64-66-68-70-72-74-76-84(97)93-80(79-103-91-89(102)87(100)90(83(78-95)105-91)106-92-88(101)86(99)85(98)82(77-94)104-92)81(96)75-73-71-69-67-65-63-61-59-57-55-53-51-49-47-45-43-36-34-32-30-28-26-24-22-20-18-16-14-12-10-8-6-4-2/h5,7,11,13,17,19,23,25,29,31,35,37,39-40,65,67,73,75,80-83,85-92,94-96,98-102H,3-4,6,8-10,12,14-16,18,20-22,24,26-28,30,32-34,36,38,41-64,66,68-72,74,76-79H2,1-2H3,(H,93,97)/b7-5-,13-11-,19-17-,25-23-,31-29-,37-35-,40-39-,67-65+,75-73+. The first-order valence-corrected chi connectivity index (χ1v) is 44.1. The molecule has 2 saturated heterocycles. The summed E-state index contributed by atoms with van der Waals surface area (Å²) in [5, 5.41) is 87.8. The van der Waals surface area contributed by atoms with Crippen molar-refractivity contribution in [1.82, 2.24) is 5.32 Å². The SMILES string of the molecule is CC/C=C\C/C=C\C/C=C\C/C=C\C/C=C\C/C=C\C/C=C\CCCCCCCCCCCCCCCCCCCC(=O)NC(COC1OC(CO)C(OC2OC(CO)C(O)C(O)C2O)C(O)C1O)C(O)/C=C/CC/C=C/CCCCCCCCCCCCCCCCCCCCCCCCCCCCC. The second-order valence-electron chi connectivity index (χ2n) is 30.6. The fourth-order valence-electron chi connectivity index (χ4n) is 14.1. The molecule has 0 bridgehead atoms. The summed E-state index contributed by atoms with van der Waals surface area (Å²) in [6.45, 7) is 2.72. The van der Waals surface area contributed by atoms with Crippen LogP contribution in [0.1, 0.15) is 373 Å². The Balaban J connectivity index is 1.59. The second-order valence-corrected chi connectivity index (χ2v) is 30.6. The quantitative estimate of drug-likeness (QED) is 0.0204. The van der Waals surface area contributed by atoms with Gasteiger partial charge in [-0.05, 0) is 89.9 Å². The number of unbranched alkanes of at least 4 members (excludes halogenated alkanes) is 45. The van der Waals surface area contributed by atoms with E-state index in [2.05, 4.69) is 116 Å². The minimum Gasteiger partial charge on any atom is -0.394 e. The third kappa shape index (κ3) is 56.0. The fourth-order valence-corrected chi connectivity index (χ4v) is 14.1. The normalized spacial score (nSPS) is 21.8. The van der Waals surface area contributed by atoms with E-state index >= 15 is 0 Å². The number of allylic oxidation sites excluding steroid dienone is 17. The van der Waals surface area contributed by atoms with Crippen LogP contribution in [0.2, 0.25) is 0 Å². The van der Waals surface area contributed by atoms with Gasteiger partial charge in [0.05, 0.1) is 32.0 Å². The molecule has 0 aliphatic carbocycles. The maximum Gasteiger partial charge on any atom is 0.220 e. The van der Waals surface area contributed by atoms with E-state index in [0.29, 0.717) is 12.8 Å². The molecule has 0 radical (unpaired) electrons. The van der Waals surface area contributed by atoms with Crippen molar-refractivity contribution >= 4 is 5.91 Å². The summed E-state index contributed by atoms with van der Waals surface area (Å²) in [6.07, 6.45) is 92.0. The maximum atomic E-state index is 13.4. The van der Waals surface area contributed by atoms with E-state index in [0.717, 1.165) is 77.0 Å². The molecule has 1 amide bonds. The Bertz CT molecular complexity index is 2210. The second kappa shape index (κ2) is 74.4. The van der Waals surface area contributed by atoms with Gasteiger partial charge in [0.2, 0.25) is 5.91 Å². The van der Waals surface area contributed by atoms with Crippen LogP contribution >= 0.6 is 0 Å². The summed E-state index contributed by atoms with van der Waals surface area (Å²) >= 11 is 0. The predicted molar refractivity (Wildman–Crippen MR) is 442 cm³/mol. The molecule has 614 valence electrons. The van der Waals surface area contributed by atoms with E-state index in [9.17, 15) is 45.6 Å². The van der Waals surface area contributed by atoms with Gasteiger partial charge >= 0.3 is 0 Å². The third-order valence-corrected chi connectivity index (χ3v) is 20.9. The molecule has 106 heavy (non-hydrogen) atoms. The fraction of sp³-hybridized carbons (Fsp3) is 0.793. The lowest BCUT2D eigenvalue weighted by Crippen LogP contribution is -2.65. The molecule has 0 aromatic carbocycles. The first-order chi connectivity index (χ1) is 52.1. The summed E-state index contributed by atoms with van der Waals surface area (Å²) < 4.78 is 22.9. The Morgan fingerprint density at radius 2 is 0.660 bits per heavy atom. The average Bonchev–Trinajstić information content (AvgIpc) is 0.789. The van der Waals surface area contributed by atoms with Gasteiger partial charge in [-0.3, -0.25) is 4.79 Å². The number of nitrogens with one attached hydrogen (secondary N) is 1. The molecule has 14 heteroatoms. The number of hydrogen-bond acceptors (Lipinski definition) is 13. The van der Waals surface area contributed by atoms with Crippen LogP contribution in [-0.4, -0.2) is 140 Å². The lowest BCUT2D eigenvalue weighted by Gasteiger charge is -2.46. The molecule has 2 aliphatic rings. The molecule has 0 saturated carbocycles.